The lowest BCUT2D eigenvalue weighted by atomic mass is 9.73. The van der Waals surface area contributed by atoms with E-state index in [1.165, 1.54) is 18.2 Å². The highest BCUT2D eigenvalue weighted by Gasteiger charge is 2.39. The second-order valence-corrected chi connectivity index (χ2v) is 6.69. The largest absolute Gasteiger partial charge is 0.497 e. The van der Waals surface area contributed by atoms with Crippen LogP contribution in [0.15, 0.2) is 54.6 Å². The highest BCUT2D eigenvalue weighted by molar-refractivity contribution is 6.10. The SMILES string of the molecule is CCOC(=O)[C@@H]1C(=O)C=C(c2cccc(OC)c2)C[C@H]1c1ccc([N+](=O)[O-])cc1. The maximum Gasteiger partial charge on any atom is 0.317 e. The van der Waals surface area contributed by atoms with E-state index >= 15 is 0 Å². The van der Waals surface area contributed by atoms with Gasteiger partial charge in [0, 0.05) is 18.1 Å². The summed E-state index contributed by atoms with van der Waals surface area (Å²) in [4.78, 5) is 35.9. The number of ketones is 1. The lowest BCUT2D eigenvalue weighted by Crippen LogP contribution is -2.34. The van der Waals surface area contributed by atoms with Crippen LogP contribution in [-0.4, -0.2) is 30.4 Å². The third kappa shape index (κ3) is 4.34. The van der Waals surface area contributed by atoms with Crippen LogP contribution in [0.1, 0.15) is 30.4 Å². The van der Waals surface area contributed by atoms with Crippen molar-refractivity contribution in [2.24, 2.45) is 5.92 Å². The minimum absolute atomic E-state index is 0.0490. The molecular formula is C22H21NO6. The first-order chi connectivity index (χ1) is 13.9. The van der Waals surface area contributed by atoms with Crippen LogP contribution in [0.3, 0.4) is 0 Å². The molecule has 2 aromatic rings. The summed E-state index contributed by atoms with van der Waals surface area (Å²) in [7, 11) is 1.57. The van der Waals surface area contributed by atoms with E-state index in [4.69, 9.17) is 9.47 Å². The summed E-state index contributed by atoms with van der Waals surface area (Å²) >= 11 is 0. The second kappa shape index (κ2) is 8.68. The Morgan fingerprint density at radius 1 is 1.21 bits per heavy atom. The zero-order valence-electron chi connectivity index (χ0n) is 16.2. The lowest BCUT2D eigenvalue weighted by Gasteiger charge is -2.29. The van der Waals surface area contributed by atoms with Gasteiger partial charge in [0.25, 0.3) is 5.69 Å². The molecule has 1 aliphatic rings. The van der Waals surface area contributed by atoms with E-state index in [2.05, 4.69) is 0 Å². The maximum absolute atomic E-state index is 12.9. The third-order valence-electron chi connectivity index (χ3n) is 4.98. The molecule has 2 atom stereocenters. The molecule has 7 nitrogen and oxygen atoms in total. The Morgan fingerprint density at radius 2 is 1.93 bits per heavy atom. The monoisotopic (exact) mass is 395 g/mol. The molecular weight excluding hydrogens is 374 g/mol. The minimum Gasteiger partial charge on any atom is -0.497 e. The number of rotatable bonds is 6. The molecule has 0 heterocycles. The van der Waals surface area contributed by atoms with E-state index in [1.807, 2.05) is 24.3 Å². The Labute approximate surface area is 168 Å². The number of hydrogen-bond donors (Lipinski definition) is 0. The predicted molar refractivity (Wildman–Crippen MR) is 107 cm³/mol. The Bertz CT molecular complexity index is 964. The normalized spacial score (nSPS) is 18.7. The van der Waals surface area contributed by atoms with Gasteiger partial charge >= 0.3 is 5.97 Å². The zero-order valence-corrected chi connectivity index (χ0v) is 16.2. The van der Waals surface area contributed by atoms with Crippen molar-refractivity contribution in [1.82, 2.24) is 0 Å². The highest BCUT2D eigenvalue weighted by atomic mass is 16.6. The van der Waals surface area contributed by atoms with Crippen LogP contribution >= 0.6 is 0 Å². The topological polar surface area (TPSA) is 95.7 Å². The van der Waals surface area contributed by atoms with Crippen LogP contribution in [0.25, 0.3) is 5.57 Å². The van der Waals surface area contributed by atoms with Gasteiger partial charge in [0.15, 0.2) is 5.78 Å². The van der Waals surface area contributed by atoms with E-state index in [1.54, 1.807) is 26.2 Å². The number of nitrogens with zero attached hydrogens (tertiary/aromatic N) is 1. The van der Waals surface area contributed by atoms with Crippen molar-refractivity contribution < 1.29 is 24.0 Å². The van der Waals surface area contributed by atoms with Gasteiger partial charge in [-0.1, -0.05) is 24.3 Å². The molecule has 0 aliphatic heterocycles. The first kappa shape index (κ1) is 20.3. The molecule has 0 aromatic heterocycles. The quantitative estimate of drug-likeness (QED) is 0.318. The molecule has 0 N–H and O–H groups in total. The number of carbonyl (C=O) groups is 2. The molecule has 0 bridgehead atoms. The van der Waals surface area contributed by atoms with Crippen molar-refractivity contribution in [2.45, 2.75) is 19.3 Å². The number of hydrogen-bond acceptors (Lipinski definition) is 6. The van der Waals surface area contributed by atoms with Crippen LogP contribution in [-0.2, 0) is 14.3 Å². The van der Waals surface area contributed by atoms with Gasteiger partial charge < -0.3 is 9.47 Å². The summed E-state index contributed by atoms with van der Waals surface area (Å²) in [6, 6.07) is 13.3. The fourth-order valence-electron chi connectivity index (χ4n) is 3.56. The second-order valence-electron chi connectivity index (χ2n) is 6.69. The molecule has 29 heavy (non-hydrogen) atoms. The number of methoxy groups -OCH3 is 1. The summed E-state index contributed by atoms with van der Waals surface area (Å²) in [6.45, 7) is 1.85. The van der Waals surface area contributed by atoms with Gasteiger partial charge in [0.05, 0.1) is 18.6 Å². The van der Waals surface area contributed by atoms with Crippen LogP contribution in [0, 0.1) is 16.0 Å². The maximum atomic E-state index is 12.9. The van der Waals surface area contributed by atoms with Crippen molar-refractivity contribution in [3.05, 3.63) is 75.8 Å². The Balaban J connectivity index is 2.02. The van der Waals surface area contributed by atoms with Crippen molar-refractivity contribution in [1.29, 1.82) is 0 Å². The van der Waals surface area contributed by atoms with E-state index in [-0.39, 0.29) is 18.1 Å². The molecule has 0 fully saturated rings. The molecule has 0 saturated carbocycles. The Morgan fingerprint density at radius 3 is 2.55 bits per heavy atom. The van der Waals surface area contributed by atoms with Crippen LogP contribution in [0.5, 0.6) is 5.75 Å². The summed E-state index contributed by atoms with van der Waals surface area (Å²) in [5.41, 5.74) is 2.23. The number of esters is 1. The van der Waals surface area contributed by atoms with Gasteiger partial charge in [-0.05, 0) is 48.3 Å². The summed E-state index contributed by atoms with van der Waals surface area (Å²) in [5.74, 6) is -1.72. The smallest absolute Gasteiger partial charge is 0.317 e. The van der Waals surface area contributed by atoms with Crippen molar-refractivity contribution in [3.63, 3.8) is 0 Å². The molecule has 2 aromatic carbocycles. The third-order valence-corrected chi connectivity index (χ3v) is 4.98. The first-order valence-electron chi connectivity index (χ1n) is 9.24. The van der Waals surface area contributed by atoms with E-state index < -0.39 is 22.7 Å². The fraction of sp³-hybridized carbons (Fsp3) is 0.273. The molecule has 3 rings (SSSR count). The van der Waals surface area contributed by atoms with Gasteiger partial charge in [0.1, 0.15) is 11.7 Å². The van der Waals surface area contributed by atoms with Gasteiger partial charge in [-0.3, -0.25) is 19.7 Å². The Hall–Kier alpha value is -3.48. The molecule has 0 amide bonds. The number of nitro groups is 1. The Kier molecular flexibility index (Phi) is 6.07. The average Bonchev–Trinajstić information content (AvgIpc) is 2.73. The van der Waals surface area contributed by atoms with Gasteiger partial charge in [-0.2, -0.15) is 0 Å². The number of ether oxygens (including phenoxy) is 2. The molecule has 0 radical (unpaired) electrons. The van der Waals surface area contributed by atoms with Crippen LogP contribution in [0.4, 0.5) is 5.69 Å². The van der Waals surface area contributed by atoms with Gasteiger partial charge in [0.2, 0.25) is 0 Å². The number of benzene rings is 2. The molecule has 0 saturated heterocycles. The molecule has 150 valence electrons. The van der Waals surface area contributed by atoms with Crippen LogP contribution in [0.2, 0.25) is 0 Å². The van der Waals surface area contributed by atoms with E-state index in [0.29, 0.717) is 17.7 Å². The highest BCUT2D eigenvalue weighted by Crippen LogP contribution is 2.41. The van der Waals surface area contributed by atoms with Crippen molar-refractivity contribution in [2.75, 3.05) is 13.7 Å². The van der Waals surface area contributed by atoms with Gasteiger partial charge in [-0.15, -0.1) is 0 Å². The van der Waals surface area contributed by atoms with Crippen molar-refractivity contribution >= 4 is 23.0 Å². The van der Waals surface area contributed by atoms with Gasteiger partial charge in [-0.25, -0.2) is 0 Å². The summed E-state index contributed by atoms with van der Waals surface area (Å²) in [5, 5.41) is 11.0. The molecule has 0 spiro atoms. The molecule has 1 aliphatic carbocycles. The first-order valence-corrected chi connectivity index (χ1v) is 9.24. The number of non-ortho nitro benzene ring substituents is 1. The summed E-state index contributed by atoms with van der Waals surface area (Å²) in [6.07, 6.45) is 1.90. The lowest BCUT2D eigenvalue weighted by molar-refractivity contribution is -0.384. The standard InChI is InChI=1S/C22H21NO6/c1-3-29-22(25)21-19(14-7-9-17(10-8-14)23(26)27)12-16(13-20(21)24)15-5-4-6-18(11-15)28-2/h4-11,13,19,21H,3,12H2,1-2H3/t19-,21-/m0/s1. The number of carbonyl (C=O) groups excluding carboxylic acids is 2. The summed E-state index contributed by atoms with van der Waals surface area (Å²) < 4.78 is 10.4. The predicted octanol–water partition coefficient (Wildman–Crippen LogP) is 3.92. The molecule has 0 unspecified atom stereocenters. The van der Waals surface area contributed by atoms with Crippen LogP contribution < -0.4 is 4.74 Å². The number of allylic oxidation sites excluding steroid dienone is 2. The van der Waals surface area contributed by atoms with E-state index in [9.17, 15) is 19.7 Å². The zero-order chi connectivity index (χ0) is 21.0. The van der Waals surface area contributed by atoms with Crippen molar-refractivity contribution in [3.8, 4) is 5.75 Å². The fourth-order valence-corrected chi connectivity index (χ4v) is 3.56. The van der Waals surface area contributed by atoms with E-state index in [0.717, 1.165) is 11.1 Å². The number of nitro benzene ring substituents is 1. The minimum atomic E-state index is -0.981. The average molecular weight is 395 g/mol. The molecule has 7 heteroatoms.